The van der Waals surface area contributed by atoms with Crippen molar-refractivity contribution in [3.05, 3.63) is 56.5 Å². The minimum atomic E-state index is -4.02. The summed E-state index contributed by atoms with van der Waals surface area (Å²) in [6, 6.07) is 9.34. The first-order valence-electron chi connectivity index (χ1n) is 7.03. The molecule has 2 aromatic rings. The Bertz CT molecular complexity index is 947. The molecule has 0 saturated carbocycles. The molecule has 0 bridgehead atoms. The Balaban J connectivity index is 0.000000289. The van der Waals surface area contributed by atoms with Crippen molar-refractivity contribution < 1.29 is 23.3 Å². The first-order valence-corrected chi connectivity index (χ1v) is 10.1. The number of hydroxylamine groups is 1. The zero-order chi connectivity index (χ0) is 20.6. The number of phenols is 1. The van der Waals surface area contributed by atoms with Crippen molar-refractivity contribution in [1.82, 2.24) is 5.48 Å². The maximum atomic E-state index is 10.5. The summed E-state index contributed by atoms with van der Waals surface area (Å²) < 4.78 is 30.9. The summed E-state index contributed by atoms with van der Waals surface area (Å²) in [5.41, 5.74) is 8.16. The summed E-state index contributed by atoms with van der Waals surface area (Å²) in [6.07, 6.45) is 1.30. The van der Waals surface area contributed by atoms with E-state index in [1.54, 1.807) is 29.7 Å². The normalized spacial score (nSPS) is 11.8. The Morgan fingerprint density at radius 3 is 2.33 bits per heavy atom. The minimum Gasteiger partial charge on any atom is -0.506 e. The molecule has 0 aromatic heterocycles. The van der Waals surface area contributed by atoms with E-state index < -0.39 is 10.1 Å². The minimum absolute atomic E-state index is 0.0395. The molecular formula is C15H16Br2N4O5S. The average molecular weight is 524 g/mol. The van der Waals surface area contributed by atoms with Crippen LogP contribution in [0, 0.1) is 6.92 Å². The van der Waals surface area contributed by atoms with Gasteiger partial charge in [0.05, 0.1) is 15.6 Å². The van der Waals surface area contributed by atoms with Gasteiger partial charge < -0.3 is 10.8 Å². The van der Waals surface area contributed by atoms with E-state index in [0.29, 0.717) is 10.0 Å². The van der Waals surface area contributed by atoms with Gasteiger partial charge in [-0.1, -0.05) is 33.6 Å². The topological polar surface area (TPSA) is 158 Å². The Kier molecular flexibility index (Phi) is 8.85. The highest BCUT2D eigenvalue weighted by molar-refractivity contribution is 9.11. The Labute approximate surface area is 172 Å². The third-order valence-electron chi connectivity index (χ3n) is 2.85. The fourth-order valence-corrected chi connectivity index (χ4v) is 3.31. The average Bonchev–Trinajstić information content (AvgIpc) is 2.59. The van der Waals surface area contributed by atoms with E-state index in [9.17, 15) is 13.5 Å². The van der Waals surface area contributed by atoms with Crippen LogP contribution in [-0.2, 0) is 10.1 Å². The third-order valence-corrected chi connectivity index (χ3v) is 4.78. The second-order valence-electron chi connectivity index (χ2n) is 4.96. The van der Waals surface area contributed by atoms with E-state index in [-0.39, 0.29) is 16.6 Å². The number of aromatic hydroxyl groups is 1. The van der Waals surface area contributed by atoms with Crippen LogP contribution in [0.1, 0.15) is 11.1 Å². The predicted molar refractivity (Wildman–Crippen MR) is 109 cm³/mol. The summed E-state index contributed by atoms with van der Waals surface area (Å²) >= 11 is 6.44. The molecule has 0 atom stereocenters. The number of rotatable bonds is 3. The molecule has 9 nitrogen and oxygen atoms in total. The van der Waals surface area contributed by atoms with E-state index in [0.717, 1.165) is 10.0 Å². The lowest BCUT2D eigenvalue weighted by molar-refractivity contribution is 0.232. The summed E-state index contributed by atoms with van der Waals surface area (Å²) in [7, 11) is -4.02. The van der Waals surface area contributed by atoms with E-state index >= 15 is 0 Å². The zero-order valence-electron chi connectivity index (χ0n) is 13.8. The standard InChI is InChI=1S/C8H8Br2N4O2.C7H8O3S/c9-5-1-4(7(15)6(10)2-5)3-12-13-8(11)14-16;1-6-2-4-7(5-3-6)11(8,9)10/h1-3,15-16H,(H3,11,13,14);2-5H,1H3,(H,8,9,10)/b12-3+;. The van der Waals surface area contributed by atoms with Crippen molar-refractivity contribution in [2.24, 2.45) is 15.9 Å². The fraction of sp³-hybridized carbons (Fsp3) is 0.0667. The SMILES string of the molecule is Cc1ccc(S(=O)(=O)O)cc1.NC(=N/N=C/c1cc(Br)cc(Br)c1O)NO. The van der Waals surface area contributed by atoms with Crippen molar-refractivity contribution in [3.8, 4) is 5.75 Å². The van der Waals surface area contributed by atoms with Crippen LogP contribution in [0.4, 0.5) is 0 Å². The van der Waals surface area contributed by atoms with Crippen molar-refractivity contribution >= 4 is 54.2 Å². The summed E-state index contributed by atoms with van der Waals surface area (Å²) in [4.78, 5) is -0.0666. The molecule has 2 rings (SSSR count). The van der Waals surface area contributed by atoms with E-state index in [4.69, 9.17) is 15.5 Å². The smallest absolute Gasteiger partial charge is 0.294 e. The van der Waals surface area contributed by atoms with Gasteiger partial charge in [0.25, 0.3) is 10.1 Å². The van der Waals surface area contributed by atoms with Crippen LogP contribution in [0.3, 0.4) is 0 Å². The van der Waals surface area contributed by atoms with Crippen LogP contribution in [-0.4, -0.2) is 35.5 Å². The van der Waals surface area contributed by atoms with Gasteiger partial charge in [0.15, 0.2) is 0 Å². The lowest BCUT2D eigenvalue weighted by Crippen LogP contribution is -2.27. The molecular weight excluding hydrogens is 508 g/mol. The van der Waals surface area contributed by atoms with Gasteiger partial charge >= 0.3 is 0 Å². The lowest BCUT2D eigenvalue weighted by atomic mass is 10.2. The maximum absolute atomic E-state index is 10.5. The molecule has 12 heteroatoms. The Morgan fingerprint density at radius 2 is 1.81 bits per heavy atom. The van der Waals surface area contributed by atoms with Gasteiger partial charge in [-0.3, -0.25) is 9.76 Å². The number of halogens is 2. The molecule has 0 saturated heterocycles. The molecule has 0 unspecified atom stereocenters. The van der Waals surface area contributed by atoms with E-state index in [1.165, 1.54) is 18.3 Å². The van der Waals surface area contributed by atoms with Crippen LogP contribution >= 0.6 is 31.9 Å². The Hall–Kier alpha value is -1.99. The second kappa shape index (κ2) is 10.4. The number of phenolic OH excluding ortho intramolecular Hbond substituents is 1. The number of nitrogens with one attached hydrogen (secondary N) is 1. The number of aryl methyl sites for hydroxylation is 1. The van der Waals surface area contributed by atoms with Crippen molar-refractivity contribution in [2.45, 2.75) is 11.8 Å². The highest BCUT2D eigenvalue weighted by Crippen LogP contribution is 2.30. The number of nitrogens with zero attached hydrogens (tertiary/aromatic N) is 2. The number of hydrogen-bond acceptors (Lipinski definition) is 6. The Morgan fingerprint density at radius 1 is 1.22 bits per heavy atom. The predicted octanol–water partition coefficient (Wildman–Crippen LogP) is 2.79. The van der Waals surface area contributed by atoms with Crippen LogP contribution in [0.5, 0.6) is 5.75 Å². The van der Waals surface area contributed by atoms with E-state index in [1.807, 2.05) is 6.92 Å². The lowest BCUT2D eigenvalue weighted by Gasteiger charge is -2.01. The van der Waals surface area contributed by atoms with Crippen molar-refractivity contribution in [2.75, 3.05) is 0 Å². The molecule has 27 heavy (non-hydrogen) atoms. The van der Waals surface area contributed by atoms with Crippen LogP contribution in [0.25, 0.3) is 0 Å². The molecule has 2 aromatic carbocycles. The van der Waals surface area contributed by atoms with Gasteiger partial charge in [-0.2, -0.15) is 13.5 Å². The first-order chi connectivity index (χ1) is 12.5. The third kappa shape index (κ3) is 8.05. The highest BCUT2D eigenvalue weighted by Gasteiger charge is 2.07. The fourth-order valence-electron chi connectivity index (χ4n) is 1.57. The molecule has 0 heterocycles. The summed E-state index contributed by atoms with van der Waals surface area (Å²) in [6.45, 7) is 1.84. The number of guanidine groups is 1. The molecule has 0 aliphatic heterocycles. The first kappa shape index (κ1) is 23.0. The summed E-state index contributed by atoms with van der Waals surface area (Å²) in [5.74, 6) is -0.206. The highest BCUT2D eigenvalue weighted by atomic mass is 79.9. The molecule has 146 valence electrons. The van der Waals surface area contributed by atoms with Gasteiger partial charge in [-0.25, -0.2) is 5.48 Å². The van der Waals surface area contributed by atoms with Crippen LogP contribution in [0.15, 0.2) is 60.4 Å². The van der Waals surface area contributed by atoms with Crippen molar-refractivity contribution in [1.29, 1.82) is 0 Å². The molecule has 0 spiro atoms. The monoisotopic (exact) mass is 522 g/mol. The molecule has 0 fully saturated rings. The summed E-state index contributed by atoms with van der Waals surface area (Å²) in [5, 5.41) is 24.9. The maximum Gasteiger partial charge on any atom is 0.294 e. The van der Waals surface area contributed by atoms with Crippen molar-refractivity contribution in [3.63, 3.8) is 0 Å². The molecule has 0 aliphatic carbocycles. The van der Waals surface area contributed by atoms with Crippen LogP contribution in [0.2, 0.25) is 0 Å². The molecule has 0 amide bonds. The van der Waals surface area contributed by atoms with Gasteiger partial charge in [0.1, 0.15) is 5.75 Å². The van der Waals surface area contributed by atoms with Gasteiger partial charge in [0, 0.05) is 10.0 Å². The number of benzene rings is 2. The van der Waals surface area contributed by atoms with Gasteiger partial charge in [-0.15, -0.1) is 5.10 Å². The second-order valence-corrected chi connectivity index (χ2v) is 8.15. The zero-order valence-corrected chi connectivity index (χ0v) is 17.8. The van der Waals surface area contributed by atoms with E-state index in [2.05, 4.69) is 42.1 Å². The quantitative estimate of drug-likeness (QED) is 0.179. The van der Waals surface area contributed by atoms with Gasteiger partial charge in [0.2, 0.25) is 5.96 Å². The number of hydrogen-bond donors (Lipinski definition) is 5. The number of nitrogens with two attached hydrogens (primary N) is 1. The largest absolute Gasteiger partial charge is 0.506 e. The van der Waals surface area contributed by atoms with Crippen LogP contribution < -0.4 is 11.2 Å². The van der Waals surface area contributed by atoms with Gasteiger partial charge in [-0.05, 0) is 47.1 Å². The molecule has 0 radical (unpaired) electrons. The molecule has 6 N–H and O–H groups in total. The molecule has 0 aliphatic rings.